The Morgan fingerprint density at radius 1 is 1.30 bits per heavy atom. The molecule has 6 nitrogen and oxygen atoms in total. The minimum atomic E-state index is -3.20. The van der Waals surface area contributed by atoms with Crippen molar-refractivity contribution in [2.45, 2.75) is 26.8 Å². The van der Waals surface area contributed by atoms with Gasteiger partial charge in [0.25, 0.3) is 0 Å². The summed E-state index contributed by atoms with van der Waals surface area (Å²) in [4.78, 5) is 2.10. The maximum Gasteiger partial charge on any atom is 0.209 e. The molecule has 2 heterocycles. The first-order chi connectivity index (χ1) is 9.26. The highest BCUT2D eigenvalue weighted by molar-refractivity contribution is 7.88. The van der Waals surface area contributed by atoms with Crippen molar-refractivity contribution in [2.75, 3.05) is 24.2 Å². The van der Waals surface area contributed by atoms with E-state index in [0.29, 0.717) is 12.5 Å². The van der Waals surface area contributed by atoms with E-state index in [2.05, 4.69) is 33.7 Å². The van der Waals surface area contributed by atoms with Crippen molar-refractivity contribution >= 4 is 15.8 Å². The van der Waals surface area contributed by atoms with E-state index in [-0.39, 0.29) is 12.0 Å². The number of hydrogen-bond acceptors (Lipinski definition) is 5. The van der Waals surface area contributed by atoms with Crippen LogP contribution < -0.4 is 9.62 Å². The van der Waals surface area contributed by atoms with Crippen molar-refractivity contribution in [3.8, 4) is 0 Å². The van der Waals surface area contributed by atoms with Gasteiger partial charge in [0, 0.05) is 19.1 Å². The zero-order valence-electron chi connectivity index (χ0n) is 12.4. The van der Waals surface area contributed by atoms with Gasteiger partial charge in [-0.2, -0.15) is 5.10 Å². The highest BCUT2D eigenvalue weighted by Gasteiger charge is 2.36. The monoisotopic (exact) mass is 298 g/mol. The van der Waals surface area contributed by atoms with Crippen LogP contribution in [-0.2, 0) is 10.0 Å². The van der Waals surface area contributed by atoms with Gasteiger partial charge in [-0.25, -0.2) is 13.1 Å². The molecule has 20 heavy (non-hydrogen) atoms. The van der Waals surface area contributed by atoms with Gasteiger partial charge < -0.3 is 4.90 Å². The van der Waals surface area contributed by atoms with Crippen LogP contribution in [-0.4, -0.2) is 44.0 Å². The summed E-state index contributed by atoms with van der Waals surface area (Å²) < 4.78 is 25.7. The van der Waals surface area contributed by atoms with Gasteiger partial charge in [-0.1, -0.05) is 13.8 Å². The number of rotatable bonds is 4. The SMILES string of the molecule is Cc1ccc(N2C[C@H](NS(C)(=O)=O)[C@@H](C(C)C)C2)nn1. The number of anilines is 1. The zero-order chi connectivity index (χ0) is 14.9. The highest BCUT2D eigenvalue weighted by atomic mass is 32.2. The Hall–Kier alpha value is -1.21. The Balaban J connectivity index is 2.17. The quantitative estimate of drug-likeness (QED) is 0.889. The standard InChI is InChI=1S/C13H22N4O2S/c1-9(2)11-7-17(8-12(11)16-20(4,18)19)13-6-5-10(3)14-15-13/h5-6,9,11-12,16H,7-8H2,1-4H3/t11-,12+/m1/s1. The molecule has 2 atom stereocenters. The number of aromatic nitrogens is 2. The molecule has 0 spiro atoms. The maximum atomic E-state index is 11.5. The van der Waals surface area contributed by atoms with Gasteiger partial charge in [0.2, 0.25) is 10.0 Å². The molecule has 1 fully saturated rings. The number of hydrogen-bond donors (Lipinski definition) is 1. The van der Waals surface area contributed by atoms with Crippen molar-refractivity contribution in [1.29, 1.82) is 0 Å². The van der Waals surface area contributed by atoms with Gasteiger partial charge in [0.15, 0.2) is 5.82 Å². The Morgan fingerprint density at radius 2 is 2.00 bits per heavy atom. The molecular weight excluding hydrogens is 276 g/mol. The summed E-state index contributed by atoms with van der Waals surface area (Å²) in [6.07, 6.45) is 1.21. The molecule has 0 saturated carbocycles. The van der Waals surface area contributed by atoms with Crippen LogP contribution in [0.5, 0.6) is 0 Å². The average molecular weight is 298 g/mol. The fourth-order valence-corrected chi connectivity index (χ4v) is 3.45. The smallest absolute Gasteiger partial charge is 0.209 e. The molecule has 0 aliphatic carbocycles. The number of sulfonamides is 1. The Labute approximate surface area is 120 Å². The first-order valence-corrected chi connectivity index (χ1v) is 8.68. The molecule has 1 aliphatic rings. The van der Waals surface area contributed by atoms with E-state index in [1.54, 1.807) is 0 Å². The third-order valence-corrected chi connectivity index (χ3v) is 4.43. The van der Waals surface area contributed by atoms with Gasteiger partial charge in [0.1, 0.15) is 0 Å². The molecule has 112 valence electrons. The van der Waals surface area contributed by atoms with E-state index >= 15 is 0 Å². The van der Waals surface area contributed by atoms with E-state index in [1.807, 2.05) is 19.1 Å². The predicted molar refractivity (Wildman–Crippen MR) is 79.1 cm³/mol. The van der Waals surface area contributed by atoms with Crippen molar-refractivity contribution in [2.24, 2.45) is 11.8 Å². The second-order valence-corrected chi connectivity index (χ2v) is 7.62. The molecule has 7 heteroatoms. The van der Waals surface area contributed by atoms with Crippen molar-refractivity contribution in [1.82, 2.24) is 14.9 Å². The normalized spacial score (nSPS) is 23.6. The molecule has 0 radical (unpaired) electrons. The average Bonchev–Trinajstić information content (AvgIpc) is 2.71. The van der Waals surface area contributed by atoms with Crippen LogP contribution in [0.1, 0.15) is 19.5 Å². The summed E-state index contributed by atoms with van der Waals surface area (Å²) in [5, 5.41) is 8.25. The summed E-state index contributed by atoms with van der Waals surface area (Å²) in [6.45, 7) is 7.56. The van der Waals surface area contributed by atoms with E-state index < -0.39 is 10.0 Å². The third kappa shape index (κ3) is 3.67. The van der Waals surface area contributed by atoms with Crippen LogP contribution >= 0.6 is 0 Å². The third-order valence-electron chi connectivity index (χ3n) is 3.69. The van der Waals surface area contributed by atoms with Gasteiger partial charge in [-0.15, -0.1) is 5.10 Å². The molecule has 1 saturated heterocycles. The molecule has 2 rings (SSSR count). The lowest BCUT2D eigenvalue weighted by Gasteiger charge is -2.21. The Morgan fingerprint density at radius 3 is 2.50 bits per heavy atom. The summed E-state index contributed by atoms with van der Waals surface area (Å²) in [7, 11) is -3.20. The molecule has 1 aliphatic heterocycles. The van der Waals surface area contributed by atoms with E-state index in [9.17, 15) is 8.42 Å². The summed E-state index contributed by atoms with van der Waals surface area (Å²) in [5.74, 6) is 1.48. The van der Waals surface area contributed by atoms with Crippen LogP contribution in [0, 0.1) is 18.8 Å². The van der Waals surface area contributed by atoms with Crippen molar-refractivity contribution in [3.63, 3.8) is 0 Å². The van der Waals surface area contributed by atoms with Crippen LogP contribution in [0.3, 0.4) is 0 Å². The van der Waals surface area contributed by atoms with Gasteiger partial charge in [0.05, 0.1) is 11.9 Å². The van der Waals surface area contributed by atoms with Crippen LogP contribution in [0.15, 0.2) is 12.1 Å². The van der Waals surface area contributed by atoms with E-state index in [0.717, 1.165) is 18.1 Å². The fourth-order valence-electron chi connectivity index (χ4n) is 2.65. The molecule has 1 aromatic rings. The minimum Gasteiger partial charge on any atom is -0.353 e. The molecule has 0 unspecified atom stereocenters. The lowest BCUT2D eigenvalue weighted by atomic mass is 9.92. The summed E-state index contributed by atoms with van der Waals surface area (Å²) >= 11 is 0. The number of nitrogens with zero attached hydrogens (tertiary/aromatic N) is 3. The van der Waals surface area contributed by atoms with Crippen LogP contribution in [0.2, 0.25) is 0 Å². The summed E-state index contributed by atoms with van der Waals surface area (Å²) in [5.41, 5.74) is 0.874. The molecule has 1 N–H and O–H groups in total. The minimum absolute atomic E-state index is 0.0758. The Bertz CT molecular complexity index is 556. The van der Waals surface area contributed by atoms with E-state index in [4.69, 9.17) is 0 Å². The van der Waals surface area contributed by atoms with Crippen LogP contribution in [0.4, 0.5) is 5.82 Å². The lowest BCUT2D eigenvalue weighted by Crippen LogP contribution is -2.41. The van der Waals surface area contributed by atoms with Crippen molar-refractivity contribution < 1.29 is 8.42 Å². The maximum absolute atomic E-state index is 11.5. The topological polar surface area (TPSA) is 75.2 Å². The van der Waals surface area contributed by atoms with E-state index in [1.165, 1.54) is 6.26 Å². The molecule has 0 amide bonds. The highest BCUT2D eigenvalue weighted by Crippen LogP contribution is 2.27. The predicted octanol–water partition coefficient (Wildman–Crippen LogP) is 0.795. The number of aryl methyl sites for hydroxylation is 1. The zero-order valence-corrected chi connectivity index (χ0v) is 13.2. The molecular formula is C13H22N4O2S. The first kappa shape index (κ1) is 15.2. The summed E-state index contributed by atoms with van der Waals surface area (Å²) in [6, 6.07) is 3.78. The number of nitrogens with one attached hydrogen (secondary N) is 1. The molecule has 0 aromatic carbocycles. The van der Waals surface area contributed by atoms with Gasteiger partial charge in [-0.3, -0.25) is 0 Å². The van der Waals surface area contributed by atoms with Gasteiger partial charge >= 0.3 is 0 Å². The Kier molecular flexibility index (Phi) is 4.29. The van der Waals surface area contributed by atoms with Gasteiger partial charge in [-0.05, 0) is 30.9 Å². The molecule has 1 aromatic heterocycles. The second-order valence-electron chi connectivity index (χ2n) is 5.84. The van der Waals surface area contributed by atoms with Crippen molar-refractivity contribution in [3.05, 3.63) is 17.8 Å². The van der Waals surface area contributed by atoms with Crippen LogP contribution in [0.25, 0.3) is 0 Å². The fraction of sp³-hybridized carbons (Fsp3) is 0.692. The largest absolute Gasteiger partial charge is 0.353 e. The lowest BCUT2D eigenvalue weighted by molar-refractivity contribution is 0.365. The molecule has 0 bridgehead atoms. The second kappa shape index (κ2) is 5.65. The first-order valence-electron chi connectivity index (χ1n) is 6.79.